The predicted molar refractivity (Wildman–Crippen MR) is 97.9 cm³/mol. The summed E-state index contributed by atoms with van der Waals surface area (Å²) in [5.74, 6) is 1.38. The molecule has 1 saturated carbocycles. The highest BCUT2D eigenvalue weighted by Gasteiger charge is 2.27. The minimum atomic E-state index is -0.212. The van der Waals surface area contributed by atoms with Crippen molar-refractivity contribution in [3.63, 3.8) is 0 Å². The predicted octanol–water partition coefficient (Wildman–Crippen LogP) is 3.66. The quantitative estimate of drug-likeness (QED) is 0.867. The molecule has 0 atom stereocenters. The van der Waals surface area contributed by atoms with Crippen LogP contribution in [0.4, 0.5) is 4.39 Å². The summed E-state index contributed by atoms with van der Waals surface area (Å²) < 4.78 is 19.9. The van der Waals surface area contributed by atoms with Gasteiger partial charge in [-0.05, 0) is 57.5 Å². The minimum Gasteiger partial charge on any atom is -0.381 e. The highest BCUT2D eigenvalue weighted by molar-refractivity contribution is 5.85. The molecule has 0 radical (unpaired) electrons. The van der Waals surface area contributed by atoms with E-state index in [-0.39, 0.29) is 24.1 Å². The van der Waals surface area contributed by atoms with Gasteiger partial charge in [-0.2, -0.15) is 0 Å². The second-order valence-corrected chi connectivity index (χ2v) is 7.07. The van der Waals surface area contributed by atoms with Gasteiger partial charge < -0.3 is 15.0 Å². The number of ether oxygens (including phenoxy) is 1. The summed E-state index contributed by atoms with van der Waals surface area (Å²) >= 11 is 0. The Morgan fingerprint density at radius 1 is 1.08 bits per heavy atom. The Balaban J connectivity index is 0.00000182. The van der Waals surface area contributed by atoms with Crippen molar-refractivity contribution in [2.45, 2.75) is 56.5 Å². The molecule has 0 aromatic carbocycles. The molecule has 0 unspecified atom stereocenters. The lowest BCUT2D eigenvalue weighted by Crippen LogP contribution is -2.27. The van der Waals surface area contributed by atoms with E-state index >= 15 is 0 Å². The number of methoxy groups -OCH3 is 1. The van der Waals surface area contributed by atoms with E-state index in [0.717, 1.165) is 74.2 Å². The Morgan fingerprint density at radius 2 is 1.80 bits per heavy atom. The zero-order chi connectivity index (χ0) is 16.5. The van der Waals surface area contributed by atoms with Crippen molar-refractivity contribution >= 4 is 23.6 Å². The van der Waals surface area contributed by atoms with Crippen molar-refractivity contribution in [1.29, 1.82) is 0 Å². The smallest absolute Gasteiger partial charge is 0.157 e. The van der Waals surface area contributed by atoms with Gasteiger partial charge in [0, 0.05) is 18.6 Å². The number of fused-ring (bicyclic) bond motifs is 1. The zero-order valence-corrected chi connectivity index (χ0v) is 15.4. The van der Waals surface area contributed by atoms with E-state index in [1.807, 2.05) is 0 Å². The molecule has 3 heterocycles. The molecule has 2 aromatic rings. The second kappa shape index (κ2) is 7.98. The minimum absolute atomic E-state index is 0. The van der Waals surface area contributed by atoms with Gasteiger partial charge in [0.15, 0.2) is 5.65 Å². The first-order valence-electron chi connectivity index (χ1n) is 9.03. The average molecular weight is 369 g/mol. The van der Waals surface area contributed by atoms with Crippen LogP contribution in [0.1, 0.15) is 61.7 Å². The fraction of sp³-hybridized carbons (Fsp3) is 0.667. The van der Waals surface area contributed by atoms with Gasteiger partial charge in [0.1, 0.15) is 17.2 Å². The molecule has 25 heavy (non-hydrogen) atoms. The van der Waals surface area contributed by atoms with Crippen LogP contribution in [0.25, 0.3) is 11.2 Å². The van der Waals surface area contributed by atoms with Crippen LogP contribution in [0.15, 0.2) is 6.20 Å². The molecule has 1 aliphatic carbocycles. The van der Waals surface area contributed by atoms with E-state index in [1.165, 1.54) is 6.20 Å². The molecule has 138 valence electrons. The maximum absolute atomic E-state index is 14.5. The van der Waals surface area contributed by atoms with Gasteiger partial charge in [0.05, 0.1) is 12.3 Å². The average Bonchev–Trinajstić information content (AvgIpc) is 3.06. The van der Waals surface area contributed by atoms with E-state index in [0.29, 0.717) is 12.0 Å². The Hall–Kier alpha value is -1.24. The molecule has 0 amide bonds. The maximum atomic E-state index is 14.5. The Labute approximate surface area is 153 Å². The van der Waals surface area contributed by atoms with Crippen molar-refractivity contribution in [3.05, 3.63) is 23.4 Å². The number of piperidine rings is 1. The summed E-state index contributed by atoms with van der Waals surface area (Å²) in [7, 11) is 1.78. The van der Waals surface area contributed by atoms with E-state index < -0.39 is 0 Å². The summed E-state index contributed by atoms with van der Waals surface area (Å²) in [5, 5.41) is 3.34. The summed E-state index contributed by atoms with van der Waals surface area (Å²) in [6.45, 7) is 1.87. The van der Waals surface area contributed by atoms with Gasteiger partial charge in [-0.25, -0.2) is 14.4 Å². The number of H-pyrrole nitrogens is 1. The van der Waals surface area contributed by atoms with Crippen molar-refractivity contribution < 1.29 is 9.13 Å². The molecule has 0 spiro atoms. The lowest BCUT2D eigenvalue weighted by atomic mass is 9.87. The lowest BCUT2D eigenvalue weighted by Gasteiger charge is -2.26. The normalized spacial score (nSPS) is 25.0. The Bertz CT molecular complexity index is 708. The number of pyridine rings is 1. The number of hydrogen-bond donors (Lipinski definition) is 2. The number of aromatic nitrogens is 3. The molecular formula is C18H26ClFN4O. The number of nitrogens with one attached hydrogen (secondary N) is 2. The van der Waals surface area contributed by atoms with Crippen LogP contribution in [-0.4, -0.2) is 41.3 Å². The molecule has 2 fully saturated rings. The number of aromatic amines is 1. The fourth-order valence-electron chi connectivity index (χ4n) is 4.23. The van der Waals surface area contributed by atoms with E-state index in [4.69, 9.17) is 9.72 Å². The standard InChI is InChI=1S/C18H25FN4O.ClH/c1-24-13-4-2-12(3-5-13)17-22-16-15(11-6-8-20-9-7-11)14(19)10-21-18(16)23-17;/h10-13,20H,2-9H2,1H3,(H,21,22,23);1H. The van der Waals surface area contributed by atoms with E-state index in [9.17, 15) is 4.39 Å². The zero-order valence-electron chi connectivity index (χ0n) is 14.6. The van der Waals surface area contributed by atoms with Crippen LogP contribution in [0, 0.1) is 5.82 Å². The molecular weight excluding hydrogens is 343 g/mol. The maximum Gasteiger partial charge on any atom is 0.157 e. The summed E-state index contributed by atoms with van der Waals surface area (Å²) in [5.41, 5.74) is 2.23. The third-order valence-electron chi connectivity index (χ3n) is 5.66. The van der Waals surface area contributed by atoms with Crippen LogP contribution in [0.5, 0.6) is 0 Å². The molecule has 1 aliphatic heterocycles. The van der Waals surface area contributed by atoms with Gasteiger partial charge in [-0.15, -0.1) is 12.4 Å². The van der Waals surface area contributed by atoms with Gasteiger partial charge in [0.2, 0.25) is 0 Å². The number of halogens is 2. The monoisotopic (exact) mass is 368 g/mol. The molecule has 2 aromatic heterocycles. The number of imidazole rings is 1. The van der Waals surface area contributed by atoms with Gasteiger partial charge in [-0.3, -0.25) is 0 Å². The van der Waals surface area contributed by atoms with Crippen molar-refractivity contribution in [1.82, 2.24) is 20.3 Å². The molecule has 5 nitrogen and oxygen atoms in total. The first kappa shape index (κ1) is 18.5. The summed E-state index contributed by atoms with van der Waals surface area (Å²) in [6.07, 6.45) is 7.86. The Kier molecular flexibility index (Phi) is 5.92. The van der Waals surface area contributed by atoms with Crippen LogP contribution in [0.3, 0.4) is 0 Å². The first-order chi connectivity index (χ1) is 11.8. The van der Waals surface area contributed by atoms with Crippen LogP contribution in [-0.2, 0) is 4.74 Å². The van der Waals surface area contributed by atoms with Crippen molar-refractivity contribution in [3.8, 4) is 0 Å². The van der Waals surface area contributed by atoms with Gasteiger partial charge in [0.25, 0.3) is 0 Å². The molecule has 2 aliphatic rings. The molecule has 4 rings (SSSR count). The highest BCUT2D eigenvalue weighted by atomic mass is 35.5. The van der Waals surface area contributed by atoms with Crippen LogP contribution < -0.4 is 5.32 Å². The topological polar surface area (TPSA) is 62.8 Å². The van der Waals surface area contributed by atoms with E-state index in [2.05, 4.69) is 15.3 Å². The number of rotatable bonds is 3. The molecule has 1 saturated heterocycles. The third kappa shape index (κ3) is 3.66. The summed E-state index contributed by atoms with van der Waals surface area (Å²) in [4.78, 5) is 12.4. The SMILES string of the molecule is COC1CCC(c2nc3c(C4CCNCC4)c(F)cnc3[nH]2)CC1.Cl. The fourth-order valence-corrected chi connectivity index (χ4v) is 4.23. The Morgan fingerprint density at radius 3 is 2.48 bits per heavy atom. The first-order valence-corrected chi connectivity index (χ1v) is 9.03. The van der Waals surface area contributed by atoms with Crippen molar-refractivity contribution in [2.24, 2.45) is 0 Å². The third-order valence-corrected chi connectivity index (χ3v) is 5.66. The van der Waals surface area contributed by atoms with Crippen LogP contribution in [0.2, 0.25) is 0 Å². The molecule has 2 N–H and O–H groups in total. The number of nitrogens with zero attached hydrogens (tertiary/aromatic N) is 2. The van der Waals surface area contributed by atoms with Gasteiger partial charge in [-0.1, -0.05) is 0 Å². The highest BCUT2D eigenvalue weighted by Crippen LogP contribution is 2.36. The largest absolute Gasteiger partial charge is 0.381 e. The van der Waals surface area contributed by atoms with Gasteiger partial charge >= 0.3 is 0 Å². The number of hydrogen-bond acceptors (Lipinski definition) is 4. The van der Waals surface area contributed by atoms with E-state index in [1.54, 1.807) is 7.11 Å². The second-order valence-electron chi connectivity index (χ2n) is 7.07. The van der Waals surface area contributed by atoms with Crippen LogP contribution >= 0.6 is 12.4 Å². The van der Waals surface area contributed by atoms with Crippen molar-refractivity contribution in [2.75, 3.05) is 20.2 Å². The summed E-state index contributed by atoms with van der Waals surface area (Å²) in [6, 6.07) is 0. The molecule has 7 heteroatoms. The lowest BCUT2D eigenvalue weighted by molar-refractivity contribution is 0.0652. The molecule has 0 bridgehead atoms.